The van der Waals surface area contributed by atoms with Crippen molar-refractivity contribution < 1.29 is 9.18 Å². The molecule has 3 aromatic rings. The molecule has 0 bridgehead atoms. The lowest BCUT2D eigenvalue weighted by atomic mass is 10.2. The lowest BCUT2D eigenvalue weighted by Crippen LogP contribution is -2.23. The number of aromatic nitrogens is 3. The van der Waals surface area contributed by atoms with Crippen LogP contribution in [-0.2, 0) is 4.79 Å². The van der Waals surface area contributed by atoms with Crippen LogP contribution in [0.1, 0.15) is 6.92 Å². The maximum Gasteiger partial charge on any atom is 0.237 e. The van der Waals surface area contributed by atoms with Crippen LogP contribution in [0.25, 0.3) is 11.4 Å². The number of carbonyl (C=O) groups excluding carboxylic acids is 1. The van der Waals surface area contributed by atoms with Crippen LogP contribution >= 0.6 is 23.4 Å². The Morgan fingerprint density at radius 3 is 2.77 bits per heavy atom. The molecule has 0 radical (unpaired) electrons. The van der Waals surface area contributed by atoms with E-state index in [0.29, 0.717) is 15.9 Å². The maximum atomic E-state index is 13.9. The number of carbonyl (C=O) groups is 1. The maximum absolute atomic E-state index is 13.9. The van der Waals surface area contributed by atoms with Crippen molar-refractivity contribution in [2.24, 2.45) is 0 Å². The van der Waals surface area contributed by atoms with Gasteiger partial charge in [0.15, 0.2) is 5.82 Å². The van der Waals surface area contributed by atoms with Gasteiger partial charge in [0.1, 0.15) is 5.82 Å². The van der Waals surface area contributed by atoms with E-state index in [1.54, 1.807) is 49.4 Å². The van der Waals surface area contributed by atoms with Crippen molar-refractivity contribution in [1.29, 1.82) is 0 Å². The first kappa shape index (κ1) is 18.2. The lowest BCUT2D eigenvalue weighted by Gasteiger charge is -2.11. The highest BCUT2D eigenvalue weighted by Gasteiger charge is 2.21. The average molecular weight is 392 g/mol. The first-order chi connectivity index (χ1) is 12.5. The highest BCUT2D eigenvalue weighted by atomic mass is 35.5. The molecule has 0 aliphatic carbocycles. The van der Waals surface area contributed by atoms with E-state index in [0.717, 1.165) is 11.8 Å². The summed E-state index contributed by atoms with van der Waals surface area (Å²) in [6, 6.07) is 13.0. The van der Waals surface area contributed by atoms with Gasteiger partial charge in [-0.05, 0) is 37.3 Å². The zero-order chi connectivity index (χ0) is 18.7. The summed E-state index contributed by atoms with van der Waals surface area (Å²) in [5.74, 6) is 5.48. The van der Waals surface area contributed by atoms with Gasteiger partial charge in [0.2, 0.25) is 11.1 Å². The molecule has 134 valence electrons. The van der Waals surface area contributed by atoms with Gasteiger partial charge >= 0.3 is 0 Å². The quantitative estimate of drug-likeness (QED) is 0.513. The second kappa shape index (κ2) is 7.76. The molecule has 3 N–H and O–H groups in total. The highest BCUT2D eigenvalue weighted by Crippen LogP contribution is 2.26. The Bertz CT molecular complexity index is 948. The molecule has 0 fully saturated rings. The first-order valence-corrected chi connectivity index (χ1v) is 8.90. The number of nitrogen functional groups attached to an aromatic ring is 1. The summed E-state index contributed by atoms with van der Waals surface area (Å²) in [4.78, 5) is 12.3. The molecule has 26 heavy (non-hydrogen) atoms. The number of nitrogens with one attached hydrogen (secondary N) is 1. The van der Waals surface area contributed by atoms with Gasteiger partial charge in [-0.3, -0.25) is 4.79 Å². The summed E-state index contributed by atoms with van der Waals surface area (Å²) in [6.07, 6.45) is 0. The van der Waals surface area contributed by atoms with Crippen LogP contribution in [0.3, 0.4) is 0 Å². The van der Waals surface area contributed by atoms with E-state index in [-0.39, 0.29) is 17.3 Å². The monoisotopic (exact) mass is 391 g/mol. The topological polar surface area (TPSA) is 85.8 Å². The van der Waals surface area contributed by atoms with E-state index in [9.17, 15) is 9.18 Å². The Hall–Kier alpha value is -2.58. The van der Waals surface area contributed by atoms with Crippen molar-refractivity contribution in [1.82, 2.24) is 14.9 Å². The number of nitrogens with zero attached hydrogens (tertiary/aromatic N) is 3. The van der Waals surface area contributed by atoms with Crippen LogP contribution in [0.15, 0.2) is 53.7 Å². The fourth-order valence-electron chi connectivity index (χ4n) is 2.21. The summed E-state index contributed by atoms with van der Waals surface area (Å²) in [5.41, 5.74) is 0.835. The van der Waals surface area contributed by atoms with Gasteiger partial charge < -0.3 is 11.2 Å². The van der Waals surface area contributed by atoms with Gasteiger partial charge in [-0.25, -0.2) is 9.07 Å². The van der Waals surface area contributed by atoms with Crippen molar-refractivity contribution in [3.05, 3.63) is 59.4 Å². The molecular weight excluding hydrogens is 377 g/mol. The zero-order valence-electron chi connectivity index (χ0n) is 13.7. The minimum absolute atomic E-state index is 0.188. The van der Waals surface area contributed by atoms with Crippen molar-refractivity contribution >= 4 is 35.0 Å². The SMILES string of the molecule is CC(Sc1nnc(-c2ccccc2F)n1N)C(=O)Nc1cccc(Cl)c1. The summed E-state index contributed by atoms with van der Waals surface area (Å²) >= 11 is 7.03. The molecule has 3 rings (SSSR count). The molecular formula is C17H15ClFN5OS. The Morgan fingerprint density at radius 2 is 2.04 bits per heavy atom. The van der Waals surface area contributed by atoms with Crippen LogP contribution in [0, 0.1) is 5.82 Å². The zero-order valence-corrected chi connectivity index (χ0v) is 15.3. The Morgan fingerprint density at radius 1 is 1.27 bits per heavy atom. The molecule has 0 aliphatic rings. The number of halogens is 2. The second-order valence-corrected chi connectivity index (χ2v) is 7.16. The fraction of sp³-hybridized carbons (Fsp3) is 0.118. The van der Waals surface area contributed by atoms with Gasteiger partial charge in [0, 0.05) is 10.7 Å². The van der Waals surface area contributed by atoms with Gasteiger partial charge in [0.05, 0.1) is 10.8 Å². The fourth-order valence-corrected chi connectivity index (χ4v) is 3.17. The van der Waals surface area contributed by atoms with Crippen molar-refractivity contribution in [2.75, 3.05) is 11.2 Å². The first-order valence-electron chi connectivity index (χ1n) is 7.64. The number of thioether (sulfide) groups is 1. The lowest BCUT2D eigenvalue weighted by molar-refractivity contribution is -0.115. The average Bonchev–Trinajstić information content (AvgIpc) is 2.96. The smallest absolute Gasteiger partial charge is 0.237 e. The number of rotatable bonds is 5. The number of nitrogens with two attached hydrogens (primary N) is 1. The van der Waals surface area contributed by atoms with Crippen LogP contribution in [0.2, 0.25) is 5.02 Å². The molecule has 1 heterocycles. The van der Waals surface area contributed by atoms with Crippen LogP contribution in [0.4, 0.5) is 10.1 Å². The van der Waals surface area contributed by atoms with E-state index in [4.69, 9.17) is 17.4 Å². The Balaban J connectivity index is 1.73. The van der Waals surface area contributed by atoms with E-state index in [1.807, 2.05) is 0 Å². The third-order valence-electron chi connectivity index (χ3n) is 3.52. The molecule has 9 heteroatoms. The standard InChI is InChI=1S/C17H15ClFN5OS/c1-10(16(25)21-12-6-4-5-11(18)9-12)26-17-23-22-15(24(17)20)13-7-2-3-8-14(13)19/h2-10H,20H2,1H3,(H,21,25). The van der Waals surface area contributed by atoms with Crippen molar-refractivity contribution in [2.45, 2.75) is 17.3 Å². The van der Waals surface area contributed by atoms with Gasteiger partial charge in [0.25, 0.3) is 0 Å². The summed E-state index contributed by atoms with van der Waals surface area (Å²) < 4.78 is 15.1. The summed E-state index contributed by atoms with van der Waals surface area (Å²) in [7, 11) is 0. The Labute approximate surface area is 158 Å². The van der Waals surface area contributed by atoms with Crippen LogP contribution in [0.5, 0.6) is 0 Å². The van der Waals surface area contributed by atoms with Gasteiger partial charge in [-0.2, -0.15) is 0 Å². The molecule has 0 spiro atoms. The van der Waals surface area contributed by atoms with Gasteiger partial charge in [-0.1, -0.05) is 41.6 Å². The number of hydrogen-bond donors (Lipinski definition) is 2. The molecule has 1 aromatic heterocycles. The molecule has 0 saturated carbocycles. The Kier molecular flexibility index (Phi) is 5.43. The van der Waals surface area contributed by atoms with E-state index in [2.05, 4.69) is 15.5 Å². The molecule has 2 aromatic carbocycles. The van der Waals surface area contributed by atoms with E-state index in [1.165, 1.54) is 10.7 Å². The summed E-state index contributed by atoms with van der Waals surface area (Å²) in [5, 5.41) is 11.0. The van der Waals surface area contributed by atoms with E-state index >= 15 is 0 Å². The minimum Gasteiger partial charge on any atom is -0.335 e. The van der Waals surface area contributed by atoms with Crippen LogP contribution < -0.4 is 11.2 Å². The number of amides is 1. The third-order valence-corrected chi connectivity index (χ3v) is 4.81. The molecule has 0 saturated heterocycles. The number of anilines is 1. The predicted octanol–water partition coefficient (Wildman–Crippen LogP) is 3.57. The van der Waals surface area contributed by atoms with Crippen LogP contribution in [-0.4, -0.2) is 26.0 Å². The molecule has 1 atom stereocenters. The molecule has 6 nitrogen and oxygen atoms in total. The predicted molar refractivity (Wildman–Crippen MR) is 101 cm³/mol. The van der Waals surface area contributed by atoms with E-state index < -0.39 is 11.1 Å². The van der Waals surface area contributed by atoms with Crippen molar-refractivity contribution in [3.8, 4) is 11.4 Å². The molecule has 1 amide bonds. The minimum atomic E-state index is -0.506. The highest BCUT2D eigenvalue weighted by molar-refractivity contribution is 8.00. The van der Waals surface area contributed by atoms with Crippen molar-refractivity contribution in [3.63, 3.8) is 0 Å². The normalized spacial score (nSPS) is 12.0. The molecule has 1 unspecified atom stereocenters. The molecule has 0 aliphatic heterocycles. The largest absolute Gasteiger partial charge is 0.335 e. The third kappa shape index (κ3) is 3.97. The number of hydrogen-bond acceptors (Lipinski definition) is 5. The number of benzene rings is 2. The summed E-state index contributed by atoms with van der Waals surface area (Å²) in [6.45, 7) is 1.71. The van der Waals surface area contributed by atoms with Gasteiger partial charge in [-0.15, -0.1) is 10.2 Å². The second-order valence-electron chi connectivity index (χ2n) is 5.42.